The third-order valence-electron chi connectivity index (χ3n) is 0.468. The molecule has 0 amide bonds. The normalized spacial score (nSPS) is 12.8. The van der Waals surface area contributed by atoms with Crippen molar-refractivity contribution in [3.8, 4) is 0 Å². The van der Waals surface area contributed by atoms with E-state index in [2.05, 4.69) is 25.3 Å². The zero-order valence-electron chi connectivity index (χ0n) is 3.74. The summed E-state index contributed by atoms with van der Waals surface area (Å²) in [5, 5.41) is 5.96. The number of aliphatic carboxylic acids is 1. The van der Waals surface area contributed by atoms with Gasteiger partial charge in [0.05, 0.1) is 0 Å². The highest BCUT2D eigenvalue weighted by Gasteiger charge is 2.17. The zero-order valence-corrected chi connectivity index (χ0v) is 5.52. The molecular weight excluding hydrogens is 148 g/mol. The Labute approximate surface area is 56.9 Å². The standard InChI is InChI=1S/C3H4O3S2/c4-2(5)1(7)3(6)8/h1,7H,(H,4,5)(H,6,8). The van der Waals surface area contributed by atoms with Crippen LogP contribution in [0.15, 0.2) is 0 Å². The minimum absolute atomic E-state index is 0.749. The van der Waals surface area contributed by atoms with Gasteiger partial charge in [-0.2, -0.15) is 12.6 Å². The Morgan fingerprint density at radius 3 is 1.88 bits per heavy atom. The summed E-state index contributed by atoms with van der Waals surface area (Å²) in [5.74, 6) is -1.27. The Hall–Kier alpha value is -0.160. The topological polar surface area (TPSA) is 54.4 Å². The van der Waals surface area contributed by atoms with Crippen LogP contribution in [0.3, 0.4) is 0 Å². The van der Waals surface area contributed by atoms with Gasteiger partial charge in [0.2, 0.25) is 5.12 Å². The highest BCUT2D eigenvalue weighted by Crippen LogP contribution is 1.98. The Bertz CT molecular complexity index is 108. The monoisotopic (exact) mass is 152 g/mol. The number of hydrogen-bond acceptors (Lipinski definition) is 3. The summed E-state index contributed by atoms with van der Waals surface area (Å²) in [5.41, 5.74) is 0. The zero-order chi connectivity index (χ0) is 6.73. The Kier molecular flexibility index (Phi) is 2.93. The van der Waals surface area contributed by atoms with Crippen LogP contribution < -0.4 is 0 Å². The fourth-order valence-corrected chi connectivity index (χ4v) is 0.216. The number of hydrogen-bond donors (Lipinski definition) is 3. The Balaban J connectivity index is 3.83. The highest BCUT2D eigenvalue weighted by molar-refractivity contribution is 7.99. The summed E-state index contributed by atoms with van der Waals surface area (Å²) in [6.07, 6.45) is 0. The van der Waals surface area contributed by atoms with Gasteiger partial charge in [-0.1, -0.05) is 0 Å². The van der Waals surface area contributed by atoms with Gasteiger partial charge in [-0.05, 0) is 0 Å². The number of carboxylic acid groups (broad SMARTS) is 1. The molecule has 8 heavy (non-hydrogen) atoms. The quantitative estimate of drug-likeness (QED) is 0.380. The second-order valence-corrected chi connectivity index (χ2v) is 2.04. The number of thiol groups is 2. The number of rotatable bonds is 2. The average molecular weight is 152 g/mol. The lowest BCUT2D eigenvalue weighted by atomic mass is 10.5. The molecule has 0 spiro atoms. The first kappa shape index (κ1) is 7.84. The number of carbonyl (C=O) groups is 2. The minimum atomic E-state index is -1.29. The highest BCUT2D eigenvalue weighted by atomic mass is 32.1. The van der Waals surface area contributed by atoms with Crippen molar-refractivity contribution in [2.24, 2.45) is 0 Å². The van der Waals surface area contributed by atoms with Gasteiger partial charge in [0, 0.05) is 0 Å². The lowest BCUT2D eigenvalue weighted by Gasteiger charge is -1.94. The van der Waals surface area contributed by atoms with Crippen LogP contribution in [0.5, 0.6) is 0 Å². The van der Waals surface area contributed by atoms with Gasteiger partial charge < -0.3 is 5.11 Å². The first-order chi connectivity index (χ1) is 3.55. The Morgan fingerprint density at radius 2 is 1.88 bits per heavy atom. The van der Waals surface area contributed by atoms with Crippen LogP contribution in [0.2, 0.25) is 0 Å². The van der Waals surface area contributed by atoms with Crippen LogP contribution in [0, 0.1) is 0 Å². The molecule has 0 heterocycles. The summed E-state index contributed by atoms with van der Waals surface area (Å²) in [7, 11) is 0. The second-order valence-electron chi connectivity index (χ2n) is 1.08. The van der Waals surface area contributed by atoms with E-state index < -0.39 is 16.3 Å². The summed E-state index contributed by atoms with van der Waals surface area (Å²) in [6, 6.07) is 0. The van der Waals surface area contributed by atoms with Crippen LogP contribution in [0.25, 0.3) is 0 Å². The van der Waals surface area contributed by atoms with Crippen molar-refractivity contribution in [3.05, 3.63) is 0 Å². The van der Waals surface area contributed by atoms with Crippen LogP contribution in [0.4, 0.5) is 0 Å². The van der Waals surface area contributed by atoms with Gasteiger partial charge in [-0.15, -0.1) is 12.6 Å². The molecule has 3 nitrogen and oxygen atoms in total. The van der Waals surface area contributed by atoms with Gasteiger partial charge in [-0.3, -0.25) is 9.59 Å². The van der Waals surface area contributed by atoms with E-state index in [1.165, 1.54) is 0 Å². The van der Waals surface area contributed by atoms with E-state index >= 15 is 0 Å². The lowest BCUT2D eigenvalue weighted by Crippen LogP contribution is -2.19. The molecular formula is C3H4O3S2. The van der Waals surface area contributed by atoms with Gasteiger partial charge in [-0.25, -0.2) is 0 Å². The summed E-state index contributed by atoms with van der Waals surface area (Å²) in [4.78, 5) is 19.8. The van der Waals surface area contributed by atoms with Crippen molar-refractivity contribution in [2.75, 3.05) is 0 Å². The third-order valence-corrected chi connectivity index (χ3v) is 1.39. The smallest absolute Gasteiger partial charge is 0.324 e. The average Bonchev–Trinajstić information content (AvgIpc) is 1.64. The predicted molar refractivity (Wildman–Crippen MR) is 34.4 cm³/mol. The van der Waals surface area contributed by atoms with Crippen molar-refractivity contribution in [1.29, 1.82) is 0 Å². The van der Waals surface area contributed by atoms with E-state index in [0.29, 0.717) is 0 Å². The van der Waals surface area contributed by atoms with E-state index in [0.717, 1.165) is 0 Å². The molecule has 0 aromatic carbocycles. The molecule has 1 atom stereocenters. The number of carbonyl (C=O) groups excluding carboxylic acids is 1. The van der Waals surface area contributed by atoms with Crippen LogP contribution >= 0.6 is 25.3 Å². The fourth-order valence-electron chi connectivity index (χ4n) is 0.106. The van der Waals surface area contributed by atoms with Crippen LogP contribution in [-0.2, 0) is 9.59 Å². The molecule has 0 fully saturated rings. The molecule has 0 aliphatic heterocycles. The Morgan fingerprint density at radius 1 is 1.50 bits per heavy atom. The van der Waals surface area contributed by atoms with Crippen molar-refractivity contribution < 1.29 is 14.7 Å². The maximum absolute atomic E-state index is 9.99. The molecule has 46 valence electrons. The van der Waals surface area contributed by atoms with Crippen molar-refractivity contribution in [3.63, 3.8) is 0 Å². The second kappa shape index (κ2) is 2.99. The molecule has 0 aromatic rings. The molecule has 0 aromatic heterocycles. The van der Waals surface area contributed by atoms with Gasteiger partial charge in [0.1, 0.15) is 0 Å². The van der Waals surface area contributed by atoms with E-state index in [-0.39, 0.29) is 0 Å². The summed E-state index contributed by atoms with van der Waals surface area (Å²) >= 11 is 6.63. The van der Waals surface area contributed by atoms with E-state index in [1.807, 2.05) is 0 Å². The molecule has 1 unspecified atom stereocenters. The maximum atomic E-state index is 9.99. The van der Waals surface area contributed by atoms with Crippen molar-refractivity contribution in [1.82, 2.24) is 0 Å². The SMILES string of the molecule is O=C(O)C(S)C(=O)S. The van der Waals surface area contributed by atoms with E-state index in [1.54, 1.807) is 0 Å². The lowest BCUT2D eigenvalue weighted by molar-refractivity contribution is -0.137. The molecule has 1 N–H and O–H groups in total. The van der Waals surface area contributed by atoms with Crippen LogP contribution in [-0.4, -0.2) is 21.4 Å². The molecule has 0 bridgehead atoms. The fraction of sp³-hybridized carbons (Fsp3) is 0.333. The largest absolute Gasteiger partial charge is 0.480 e. The summed E-state index contributed by atoms with van der Waals surface area (Å²) < 4.78 is 0. The first-order valence-corrected chi connectivity index (χ1v) is 2.65. The maximum Gasteiger partial charge on any atom is 0.324 e. The molecule has 0 aliphatic carbocycles. The molecule has 0 saturated carbocycles. The molecule has 0 aliphatic rings. The van der Waals surface area contributed by atoms with Gasteiger partial charge >= 0.3 is 5.97 Å². The molecule has 0 radical (unpaired) electrons. The van der Waals surface area contributed by atoms with Crippen LogP contribution in [0.1, 0.15) is 0 Å². The van der Waals surface area contributed by atoms with E-state index in [4.69, 9.17) is 5.11 Å². The molecule has 5 heteroatoms. The third kappa shape index (κ3) is 2.23. The molecule has 0 saturated heterocycles. The number of carboxylic acids is 1. The van der Waals surface area contributed by atoms with Crippen molar-refractivity contribution >= 4 is 36.3 Å². The molecule has 0 rings (SSSR count). The predicted octanol–water partition coefficient (Wildman–Crippen LogP) is -0.174. The van der Waals surface area contributed by atoms with Gasteiger partial charge in [0.15, 0.2) is 5.25 Å². The first-order valence-electron chi connectivity index (χ1n) is 1.69. The van der Waals surface area contributed by atoms with Crippen molar-refractivity contribution in [2.45, 2.75) is 5.25 Å². The van der Waals surface area contributed by atoms with E-state index in [9.17, 15) is 9.59 Å². The summed E-state index contributed by atoms with van der Waals surface area (Å²) in [6.45, 7) is 0. The minimum Gasteiger partial charge on any atom is -0.480 e. The van der Waals surface area contributed by atoms with Gasteiger partial charge in [0.25, 0.3) is 0 Å².